The highest BCUT2D eigenvalue weighted by molar-refractivity contribution is 5.84. The Bertz CT molecular complexity index is 1350. The summed E-state index contributed by atoms with van der Waals surface area (Å²) in [5, 5.41) is 4.17. The third-order valence-electron chi connectivity index (χ3n) is 4.75. The number of rotatable bonds is 6. The fraction of sp³-hybridized carbons (Fsp3) is 0. The molecule has 0 radical (unpaired) electrons. The lowest BCUT2D eigenvalue weighted by atomic mass is 10.2. The monoisotopic (exact) mass is 421 g/mol. The first-order valence-electron chi connectivity index (χ1n) is 9.98. The fourth-order valence-electron chi connectivity index (χ4n) is 3.19. The van der Waals surface area contributed by atoms with Gasteiger partial charge < -0.3 is 20.5 Å². The molecule has 156 valence electrons. The van der Waals surface area contributed by atoms with Gasteiger partial charge in [-0.3, -0.25) is 4.98 Å². The molecule has 0 spiro atoms. The summed E-state index contributed by atoms with van der Waals surface area (Å²) in [6.45, 7) is 0. The molecule has 5 rings (SSSR count). The Morgan fingerprint density at radius 2 is 1.47 bits per heavy atom. The van der Waals surface area contributed by atoms with Crippen molar-refractivity contribution in [1.29, 1.82) is 0 Å². The van der Waals surface area contributed by atoms with Crippen molar-refractivity contribution >= 4 is 28.1 Å². The largest absolute Gasteiger partial charge is 0.457 e. The average Bonchev–Trinajstić information content (AvgIpc) is 2.84. The molecule has 0 amide bonds. The van der Waals surface area contributed by atoms with Crippen molar-refractivity contribution in [2.75, 3.05) is 11.1 Å². The number of nitrogens with zero attached hydrogens (tertiary/aromatic N) is 3. The molecule has 7 nitrogen and oxygen atoms in total. The minimum Gasteiger partial charge on any atom is -0.457 e. The van der Waals surface area contributed by atoms with Crippen LogP contribution >= 0.6 is 0 Å². The molecule has 0 bridgehead atoms. The van der Waals surface area contributed by atoms with E-state index in [-0.39, 0.29) is 5.88 Å². The van der Waals surface area contributed by atoms with E-state index in [2.05, 4.69) is 20.3 Å². The third kappa shape index (κ3) is 4.13. The van der Waals surface area contributed by atoms with Crippen LogP contribution in [0, 0.1) is 0 Å². The highest BCUT2D eigenvalue weighted by Gasteiger charge is 2.13. The number of aromatic nitrogens is 3. The van der Waals surface area contributed by atoms with Gasteiger partial charge in [-0.2, -0.15) is 4.98 Å². The van der Waals surface area contributed by atoms with Gasteiger partial charge in [-0.15, -0.1) is 0 Å². The van der Waals surface area contributed by atoms with Crippen LogP contribution in [0.3, 0.4) is 0 Å². The lowest BCUT2D eigenvalue weighted by molar-refractivity contribution is 0.469. The maximum Gasteiger partial charge on any atom is 0.248 e. The summed E-state index contributed by atoms with van der Waals surface area (Å²) in [5.41, 5.74) is 8.13. The lowest BCUT2D eigenvalue weighted by Gasteiger charge is -2.13. The lowest BCUT2D eigenvalue weighted by Crippen LogP contribution is -2.03. The minimum absolute atomic E-state index is 0.254. The quantitative estimate of drug-likeness (QED) is 0.350. The predicted molar refractivity (Wildman–Crippen MR) is 125 cm³/mol. The van der Waals surface area contributed by atoms with Gasteiger partial charge in [-0.25, -0.2) is 4.98 Å². The molecule has 3 N–H and O–H groups in total. The molecule has 0 aliphatic carbocycles. The van der Waals surface area contributed by atoms with Crippen LogP contribution < -0.4 is 20.5 Å². The van der Waals surface area contributed by atoms with Crippen LogP contribution in [0.15, 0.2) is 97.5 Å². The van der Waals surface area contributed by atoms with Crippen LogP contribution in [0.25, 0.3) is 10.9 Å². The minimum atomic E-state index is 0.254. The number of pyridine rings is 1. The molecule has 0 atom stereocenters. The van der Waals surface area contributed by atoms with Crippen LogP contribution in [0.4, 0.5) is 17.2 Å². The summed E-state index contributed by atoms with van der Waals surface area (Å²) in [7, 11) is 0. The zero-order chi connectivity index (χ0) is 21.8. The second-order valence-corrected chi connectivity index (χ2v) is 6.94. The summed E-state index contributed by atoms with van der Waals surface area (Å²) in [6.07, 6.45) is 3.12. The maximum absolute atomic E-state index is 6.30. The number of nitrogen functional groups attached to an aromatic ring is 1. The molecule has 5 aromatic rings. The summed E-state index contributed by atoms with van der Waals surface area (Å²) in [5.74, 6) is 2.77. The number of ether oxygens (including phenoxy) is 2. The van der Waals surface area contributed by atoms with Gasteiger partial charge in [0.2, 0.25) is 5.88 Å². The van der Waals surface area contributed by atoms with Gasteiger partial charge in [0, 0.05) is 17.3 Å². The first kappa shape index (κ1) is 19.3. The SMILES string of the molecule is Nc1c(Nc2ccc(Oc3ccccc3)cc2)ncnc1Oc1cccc2cccnc12. The average molecular weight is 421 g/mol. The van der Waals surface area contributed by atoms with Crippen molar-refractivity contribution in [2.24, 2.45) is 0 Å². The molecule has 2 heterocycles. The molecule has 2 aromatic heterocycles. The Hall–Kier alpha value is -4.65. The summed E-state index contributed by atoms with van der Waals surface area (Å²) in [4.78, 5) is 12.9. The van der Waals surface area contributed by atoms with E-state index >= 15 is 0 Å². The normalized spacial score (nSPS) is 10.6. The van der Waals surface area contributed by atoms with Crippen molar-refractivity contribution < 1.29 is 9.47 Å². The standard InChI is InChI=1S/C25H19N5O2/c26-22-24(30-18-11-13-20(14-12-18)31-19-8-2-1-3-9-19)28-16-29-25(22)32-21-10-4-6-17-7-5-15-27-23(17)21/h1-16H,26H2,(H,28,29,30). The van der Waals surface area contributed by atoms with Gasteiger partial charge >= 0.3 is 0 Å². The number of nitrogens with one attached hydrogen (secondary N) is 1. The number of hydrogen-bond acceptors (Lipinski definition) is 7. The van der Waals surface area contributed by atoms with Crippen molar-refractivity contribution in [3.63, 3.8) is 0 Å². The van der Waals surface area contributed by atoms with Crippen LogP contribution in [-0.4, -0.2) is 15.0 Å². The van der Waals surface area contributed by atoms with Gasteiger partial charge in [-0.1, -0.05) is 36.4 Å². The molecule has 0 saturated heterocycles. The highest BCUT2D eigenvalue weighted by atomic mass is 16.5. The Labute approximate surface area is 184 Å². The van der Waals surface area contributed by atoms with Crippen LogP contribution in [0.2, 0.25) is 0 Å². The van der Waals surface area contributed by atoms with E-state index in [1.807, 2.05) is 84.9 Å². The summed E-state index contributed by atoms with van der Waals surface area (Å²) >= 11 is 0. The zero-order valence-electron chi connectivity index (χ0n) is 17.0. The van der Waals surface area contributed by atoms with Crippen LogP contribution in [0.1, 0.15) is 0 Å². The molecular formula is C25H19N5O2. The third-order valence-corrected chi connectivity index (χ3v) is 4.75. The van der Waals surface area contributed by atoms with Gasteiger partial charge in [-0.05, 0) is 48.5 Å². The molecule has 0 unspecified atom stereocenters. The maximum atomic E-state index is 6.30. The number of nitrogens with two attached hydrogens (primary N) is 1. The van der Waals surface area contributed by atoms with E-state index in [9.17, 15) is 0 Å². The number of fused-ring (bicyclic) bond motifs is 1. The molecule has 0 fully saturated rings. The van der Waals surface area contributed by atoms with Crippen LogP contribution in [0.5, 0.6) is 23.1 Å². The van der Waals surface area contributed by atoms with E-state index in [1.165, 1.54) is 6.33 Å². The molecule has 7 heteroatoms. The van der Waals surface area contributed by atoms with E-state index < -0.39 is 0 Å². The van der Waals surface area contributed by atoms with Gasteiger partial charge in [0.05, 0.1) is 0 Å². The second kappa shape index (κ2) is 8.61. The first-order valence-corrected chi connectivity index (χ1v) is 9.98. The van der Waals surface area contributed by atoms with Gasteiger partial charge in [0.15, 0.2) is 11.6 Å². The van der Waals surface area contributed by atoms with Gasteiger partial charge in [0.25, 0.3) is 0 Å². The first-order chi connectivity index (χ1) is 15.8. The summed E-state index contributed by atoms with van der Waals surface area (Å²) < 4.78 is 11.8. The van der Waals surface area contributed by atoms with E-state index in [0.29, 0.717) is 17.3 Å². The Morgan fingerprint density at radius 1 is 0.688 bits per heavy atom. The van der Waals surface area contributed by atoms with E-state index in [0.717, 1.165) is 28.1 Å². The Morgan fingerprint density at radius 3 is 2.31 bits per heavy atom. The molecule has 0 saturated carbocycles. The number of para-hydroxylation sites is 2. The number of hydrogen-bond donors (Lipinski definition) is 2. The van der Waals surface area contributed by atoms with E-state index in [4.69, 9.17) is 15.2 Å². The van der Waals surface area contributed by atoms with Crippen LogP contribution in [-0.2, 0) is 0 Å². The molecule has 3 aromatic carbocycles. The van der Waals surface area contributed by atoms with E-state index in [1.54, 1.807) is 6.20 Å². The zero-order valence-corrected chi connectivity index (χ0v) is 17.0. The smallest absolute Gasteiger partial charge is 0.248 e. The molecular weight excluding hydrogens is 402 g/mol. The summed E-state index contributed by atoms with van der Waals surface area (Å²) in [6, 6.07) is 26.7. The van der Waals surface area contributed by atoms with Gasteiger partial charge in [0.1, 0.15) is 29.0 Å². The number of benzene rings is 3. The van der Waals surface area contributed by atoms with Crippen molar-refractivity contribution in [2.45, 2.75) is 0 Å². The fourth-order valence-corrected chi connectivity index (χ4v) is 3.19. The molecule has 0 aliphatic rings. The predicted octanol–water partition coefficient (Wildman–Crippen LogP) is 5.94. The Balaban J connectivity index is 1.34. The topological polar surface area (TPSA) is 95.2 Å². The van der Waals surface area contributed by atoms with Crippen molar-refractivity contribution in [3.05, 3.63) is 97.5 Å². The molecule has 0 aliphatic heterocycles. The highest BCUT2D eigenvalue weighted by Crippen LogP contribution is 2.34. The van der Waals surface area contributed by atoms with Crippen molar-refractivity contribution in [3.8, 4) is 23.1 Å². The van der Waals surface area contributed by atoms with Crippen molar-refractivity contribution in [1.82, 2.24) is 15.0 Å². The second-order valence-electron chi connectivity index (χ2n) is 6.94. The Kier molecular flexibility index (Phi) is 5.20. The molecule has 32 heavy (non-hydrogen) atoms. The number of anilines is 3.